The van der Waals surface area contributed by atoms with Crippen LogP contribution in [0.1, 0.15) is 68.0 Å². The quantitative estimate of drug-likeness (QED) is 0.703. The number of carbonyl (C=O) groups excluding carboxylic acids is 1. The first-order valence-electron chi connectivity index (χ1n) is 8.56. The third-order valence-corrected chi connectivity index (χ3v) is 4.39. The van der Waals surface area contributed by atoms with Crippen LogP contribution in [0, 0.1) is 13.8 Å². The molecule has 0 saturated heterocycles. The van der Waals surface area contributed by atoms with Crippen LogP contribution >= 0.6 is 0 Å². The Kier molecular flexibility index (Phi) is 5.22. The lowest BCUT2D eigenvalue weighted by Gasteiger charge is -2.19. The van der Waals surface area contributed by atoms with Crippen LogP contribution in [0.3, 0.4) is 0 Å². The normalized spacial score (nSPS) is 11.8. The van der Waals surface area contributed by atoms with Crippen LogP contribution in [-0.4, -0.2) is 17.0 Å². The minimum absolute atomic E-state index is 0.0231. The molecule has 0 N–H and O–H groups in total. The highest BCUT2D eigenvalue weighted by Crippen LogP contribution is 2.25. The van der Waals surface area contributed by atoms with E-state index in [9.17, 15) is 4.79 Å². The molecule has 0 aliphatic heterocycles. The van der Waals surface area contributed by atoms with E-state index < -0.39 is 0 Å². The van der Waals surface area contributed by atoms with Crippen molar-refractivity contribution in [3.05, 3.63) is 52.8 Å². The van der Waals surface area contributed by atoms with Gasteiger partial charge in [-0.2, -0.15) is 0 Å². The maximum atomic E-state index is 12.5. The molecule has 0 spiro atoms. The van der Waals surface area contributed by atoms with Gasteiger partial charge in [0.1, 0.15) is 5.75 Å². The second-order valence-electron chi connectivity index (χ2n) is 7.73. The average molecular weight is 327 g/mol. The fourth-order valence-electron chi connectivity index (χ4n) is 3.13. The number of hydrogen-bond acceptors (Lipinski definition) is 2. The van der Waals surface area contributed by atoms with E-state index in [0.29, 0.717) is 6.04 Å². The van der Waals surface area contributed by atoms with Crippen molar-refractivity contribution in [2.24, 2.45) is 0 Å². The molecule has 0 amide bonds. The van der Waals surface area contributed by atoms with Gasteiger partial charge >= 0.3 is 0 Å². The lowest BCUT2D eigenvalue weighted by Crippen LogP contribution is -2.14. The first-order chi connectivity index (χ1) is 11.1. The topological polar surface area (TPSA) is 31.2 Å². The van der Waals surface area contributed by atoms with Crippen LogP contribution in [0.2, 0.25) is 0 Å². The van der Waals surface area contributed by atoms with Crippen molar-refractivity contribution in [3.63, 3.8) is 0 Å². The highest BCUT2D eigenvalue weighted by Gasteiger charge is 2.18. The fourth-order valence-corrected chi connectivity index (χ4v) is 3.13. The molecule has 0 aliphatic rings. The summed E-state index contributed by atoms with van der Waals surface area (Å²) in [5, 5.41) is 0. The summed E-state index contributed by atoms with van der Waals surface area (Å²) in [5.74, 6) is 0.754. The van der Waals surface area contributed by atoms with Gasteiger partial charge in [-0.25, -0.2) is 0 Å². The molecular weight excluding hydrogens is 298 g/mol. The summed E-state index contributed by atoms with van der Waals surface area (Å²) < 4.78 is 7.88. The van der Waals surface area contributed by atoms with Gasteiger partial charge in [-0.15, -0.1) is 0 Å². The standard InChI is InChI=1S/C21H29NO2/c1-14(2)22-15(3)12-19(16(22)4)20(23)13-24-18-10-8-17(9-11-18)21(5,6)7/h8-12,14H,13H2,1-7H3. The first kappa shape index (κ1) is 18.3. The molecule has 0 fully saturated rings. The summed E-state index contributed by atoms with van der Waals surface area (Å²) in [7, 11) is 0. The maximum absolute atomic E-state index is 12.5. The molecule has 2 rings (SSSR count). The Morgan fingerprint density at radius 3 is 2.17 bits per heavy atom. The minimum Gasteiger partial charge on any atom is -0.485 e. The average Bonchev–Trinajstić information content (AvgIpc) is 2.79. The molecule has 130 valence electrons. The molecule has 0 unspecified atom stereocenters. The van der Waals surface area contributed by atoms with E-state index in [4.69, 9.17) is 4.74 Å². The largest absolute Gasteiger partial charge is 0.485 e. The molecule has 0 radical (unpaired) electrons. The van der Waals surface area contributed by atoms with Crippen molar-refractivity contribution in [1.29, 1.82) is 0 Å². The molecular formula is C21H29NO2. The fraction of sp³-hybridized carbons (Fsp3) is 0.476. The molecule has 3 nitrogen and oxygen atoms in total. The van der Waals surface area contributed by atoms with Crippen molar-refractivity contribution in [1.82, 2.24) is 4.57 Å². The Labute approximate surface area is 145 Å². The SMILES string of the molecule is Cc1cc(C(=O)COc2ccc(C(C)(C)C)cc2)c(C)n1C(C)C. The number of benzene rings is 1. The molecule has 3 heteroatoms. The predicted octanol–water partition coefficient (Wildman–Crippen LogP) is 5.25. The van der Waals surface area contributed by atoms with Crippen molar-refractivity contribution in [2.45, 2.75) is 59.9 Å². The van der Waals surface area contributed by atoms with Crippen LogP contribution in [0.25, 0.3) is 0 Å². The van der Waals surface area contributed by atoms with E-state index in [1.54, 1.807) is 0 Å². The molecule has 1 aromatic carbocycles. The molecule has 0 aliphatic carbocycles. The van der Waals surface area contributed by atoms with Gasteiger partial charge in [0, 0.05) is 23.0 Å². The summed E-state index contributed by atoms with van der Waals surface area (Å²) in [4.78, 5) is 12.5. The van der Waals surface area contributed by atoms with Crippen molar-refractivity contribution in [3.8, 4) is 5.75 Å². The Morgan fingerprint density at radius 2 is 1.71 bits per heavy atom. The molecule has 1 heterocycles. The highest BCUT2D eigenvalue weighted by molar-refractivity contribution is 5.98. The van der Waals surface area contributed by atoms with Crippen LogP contribution in [-0.2, 0) is 5.41 Å². The number of nitrogens with zero attached hydrogens (tertiary/aromatic N) is 1. The van der Waals surface area contributed by atoms with Gasteiger partial charge in [0.15, 0.2) is 6.61 Å². The van der Waals surface area contributed by atoms with Gasteiger partial charge in [0.25, 0.3) is 0 Å². The number of carbonyl (C=O) groups is 1. The van der Waals surface area contributed by atoms with E-state index in [1.807, 2.05) is 32.0 Å². The van der Waals surface area contributed by atoms with Gasteiger partial charge in [0.2, 0.25) is 5.78 Å². The third kappa shape index (κ3) is 3.89. The number of aromatic nitrogens is 1. The van der Waals surface area contributed by atoms with Crippen molar-refractivity contribution < 1.29 is 9.53 Å². The van der Waals surface area contributed by atoms with Crippen LogP contribution in [0.15, 0.2) is 30.3 Å². The van der Waals surface area contributed by atoms with E-state index in [0.717, 1.165) is 22.7 Å². The van der Waals surface area contributed by atoms with Gasteiger partial charge in [-0.05, 0) is 56.9 Å². The van der Waals surface area contributed by atoms with Crippen molar-refractivity contribution in [2.75, 3.05) is 6.61 Å². The Bertz CT molecular complexity index is 716. The minimum atomic E-state index is 0.0231. The Hall–Kier alpha value is -2.03. The zero-order valence-corrected chi connectivity index (χ0v) is 15.9. The first-order valence-corrected chi connectivity index (χ1v) is 8.56. The number of rotatable bonds is 5. The summed E-state index contributed by atoms with van der Waals surface area (Å²) in [6, 6.07) is 10.3. The smallest absolute Gasteiger partial charge is 0.202 e. The van der Waals surface area contributed by atoms with E-state index >= 15 is 0 Å². The predicted molar refractivity (Wildman–Crippen MR) is 99.3 cm³/mol. The number of ether oxygens (including phenoxy) is 1. The second kappa shape index (κ2) is 6.84. The number of ketones is 1. The Morgan fingerprint density at radius 1 is 1.12 bits per heavy atom. The zero-order chi connectivity index (χ0) is 18.1. The zero-order valence-electron chi connectivity index (χ0n) is 15.9. The number of Topliss-reactive ketones (excluding diaryl/α,β-unsaturated/α-hetero) is 1. The molecule has 2 aromatic rings. The lowest BCUT2D eigenvalue weighted by atomic mass is 9.87. The monoisotopic (exact) mass is 327 g/mol. The van der Waals surface area contributed by atoms with Crippen LogP contribution in [0.5, 0.6) is 5.75 Å². The van der Waals surface area contributed by atoms with Gasteiger partial charge in [-0.3, -0.25) is 4.79 Å². The van der Waals surface area contributed by atoms with E-state index in [-0.39, 0.29) is 17.8 Å². The lowest BCUT2D eigenvalue weighted by molar-refractivity contribution is 0.0920. The van der Waals surface area contributed by atoms with E-state index in [2.05, 4.69) is 51.3 Å². The molecule has 1 aromatic heterocycles. The molecule has 0 saturated carbocycles. The maximum Gasteiger partial charge on any atom is 0.202 e. The number of aryl methyl sites for hydroxylation is 1. The summed E-state index contributed by atoms with van der Waals surface area (Å²) >= 11 is 0. The summed E-state index contributed by atoms with van der Waals surface area (Å²) in [5.41, 5.74) is 4.25. The third-order valence-electron chi connectivity index (χ3n) is 4.39. The highest BCUT2D eigenvalue weighted by atomic mass is 16.5. The van der Waals surface area contributed by atoms with Crippen LogP contribution in [0.4, 0.5) is 0 Å². The molecule has 0 bridgehead atoms. The number of hydrogen-bond donors (Lipinski definition) is 0. The summed E-state index contributed by atoms with van der Waals surface area (Å²) in [6.45, 7) is 14.9. The molecule has 24 heavy (non-hydrogen) atoms. The van der Waals surface area contributed by atoms with Gasteiger partial charge < -0.3 is 9.30 Å². The van der Waals surface area contributed by atoms with Gasteiger partial charge in [-0.1, -0.05) is 32.9 Å². The Balaban J connectivity index is 2.07. The molecule has 0 atom stereocenters. The summed E-state index contributed by atoms with van der Waals surface area (Å²) in [6.07, 6.45) is 0. The van der Waals surface area contributed by atoms with Crippen LogP contribution < -0.4 is 4.74 Å². The second-order valence-corrected chi connectivity index (χ2v) is 7.73. The van der Waals surface area contributed by atoms with Crippen molar-refractivity contribution >= 4 is 5.78 Å². The van der Waals surface area contributed by atoms with Gasteiger partial charge in [0.05, 0.1) is 0 Å². The van der Waals surface area contributed by atoms with E-state index in [1.165, 1.54) is 5.56 Å².